The summed E-state index contributed by atoms with van der Waals surface area (Å²) >= 11 is 0. The Morgan fingerprint density at radius 3 is 2.76 bits per heavy atom. The Balaban J connectivity index is 2.26. The zero-order chi connectivity index (χ0) is 12.6. The molecule has 4 nitrogen and oxygen atoms in total. The number of aryl methyl sites for hydroxylation is 1. The molecule has 17 heavy (non-hydrogen) atoms. The van der Waals surface area contributed by atoms with Crippen LogP contribution in [-0.4, -0.2) is 18.4 Å². The smallest absolute Gasteiger partial charge is 0.227 e. The summed E-state index contributed by atoms with van der Waals surface area (Å²) in [6.45, 7) is 1.91. The summed E-state index contributed by atoms with van der Waals surface area (Å²) in [7, 11) is 0. The first kappa shape index (κ1) is 11.6. The third-order valence-corrected chi connectivity index (χ3v) is 2.98. The van der Waals surface area contributed by atoms with Crippen molar-refractivity contribution in [3.8, 4) is 0 Å². The second-order valence-corrected chi connectivity index (χ2v) is 4.24. The molecule has 2 N–H and O–H groups in total. The lowest BCUT2D eigenvalue weighted by Crippen LogP contribution is -2.28. The molecule has 0 bridgehead atoms. The summed E-state index contributed by atoms with van der Waals surface area (Å²) in [5, 5.41) is 0. The van der Waals surface area contributed by atoms with E-state index in [0.717, 1.165) is 0 Å². The van der Waals surface area contributed by atoms with Gasteiger partial charge in [-0.1, -0.05) is 0 Å². The van der Waals surface area contributed by atoms with Gasteiger partial charge in [-0.3, -0.25) is 9.59 Å². The molecule has 0 radical (unpaired) electrons. The molecule has 1 atom stereocenters. The minimum absolute atomic E-state index is 0.131. The van der Waals surface area contributed by atoms with Gasteiger partial charge in [-0.2, -0.15) is 0 Å². The van der Waals surface area contributed by atoms with Gasteiger partial charge in [0.15, 0.2) is 0 Å². The summed E-state index contributed by atoms with van der Waals surface area (Å²) in [5.74, 6) is -1.39. The number of carbonyl (C=O) groups is 2. The number of rotatable bonds is 2. The van der Waals surface area contributed by atoms with Crippen LogP contribution in [0.3, 0.4) is 0 Å². The summed E-state index contributed by atoms with van der Waals surface area (Å²) in [5.41, 5.74) is 6.26. The number of anilines is 1. The van der Waals surface area contributed by atoms with Crippen LogP contribution in [0.2, 0.25) is 0 Å². The second kappa shape index (κ2) is 4.16. The Kier molecular flexibility index (Phi) is 2.83. The highest BCUT2D eigenvalue weighted by atomic mass is 19.1. The Hall–Kier alpha value is -1.91. The number of amides is 2. The van der Waals surface area contributed by atoms with E-state index in [-0.39, 0.29) is 24.7 Å². The van der Waals surface area contributed by atoms with Crippen molar-refractivity contribution in [1.82, 2.24) is 0 Å². The zero-order valence-electron chi connectivity index (χ0n) is 9.44. The van der Waals surface area contributed by atoms with Crippen LogP contribution in [0.4, 0.5) is 10.1 Å². The maximum atomic E-state index is 13.1. The van der Waals surface area contributed by atoms with E-state index in [0.29, 0.717) is 11.3 Å². The molecule has 1 aliphatic heterocycles. The minimum Gasteiger partial charge on any atom is -0.369 e. The Labute approximate surface area is 98.2 Å². The van der Waals surface area contributed by atoms with Gasteiger partial charge in [0.2, 0.25) is 11.8 Å². The second-order valence-electron chi connectivity index (χ2n) is 4.24. The van der Waals surface area contributed by atoms with E-state index >= 15 is 0 Å². The van der Waals surface area contributed by atoms with Crippen LogP contribution in [-0.2, 0) is 9.59 Å². The number of primary amides is 1. The molecule has 1 saturated heterocycles. The topological polar surface area (TPSA) is 63.4 Å². The standard InChI is InChI=1S/C12H13FN2O2/c1-7-4-9(2-3-10(7)13)15-6-8(12(14)17)5-11(15)16/h2-4,8H,5-6H2,1H3,(H2,14,17). The van der Waals surface area contributed by atoms with Crippen LogP contribution in [0, 0.1) is 18.7 Å². The van der Waals surface area contributed by atoms with Gasteiger partial charge in [-0.25, -0.2) is 4.39 Å². The molecule has 2 rings (SSSR count). The van der Waals surface area contributed by atoms with Gasteiger partial charge in [-0.15, -0.1) is 0 Å². The average molecular weight is 236 g/mol. The molecule has 1 aromatic carbocycles. The van der Waals surface area contributed by atoms with Crippen LogP contribution in [0.15, 0.2) is 18.2 Å². The van der Waals surface area contributed by atoms with Crippen LogP contribution in [0.25, 0.3) is 0 Å². The molecular weight excluding hydrogens is 223 g/mol. The Bertz CT molecular complexity index is 487. The van der Waals surface area contributed by atoms with Crippen LogP contribution in [0.1, 0.15) is 12.0 Å². The maximum Gasteiger partial charge on any atom is 0.227 e. The fraction of sp³-hybridized carbons (Fsp3) is 0.333. The highest BCUT2D eigenvalue weighted by Gasteiger charge is 2.33. The van der Waals surface area contributed by atoms with E-state index in [1.807, 2.05) is 0 Å². The largest absolute Gasteiger partial charge is 0.369 e. The number of carbonyl (C=O) groups excluding carboxylic acids is 2. The number of hydrogen-bond acceptors (Lipinski definition) is 2. The first-order valence-corrected chi connectivity index (χ1v) is 5.35. The molecule has 1 heterocycles. The van der Waals surface area contributed by atoms with Gasteiger partial charge in [0, 0.05) is 18.7 Å². The Morgan fingerprint density at radius 2 is 2.24 bits per heavy atom. The van der Waals surface area contributed by atoms with E-state index in [1.165, 1.54) is 17.0 Å². The van der Waals surface area contributed by atoms with Crippen molar-refractivity contribution in [3.63, 3.8) is 0 Å². The molecular formula is C12H13FN2O2. The predicted molar refractivity (Wildman–Crippen MR) is 60.8 cm³/mol. The molecule has 1 fully saturated rings. The van der Waals surface area contributed by atoms with Crippen molar-refractivity contribution in [2.24, 2.45) is 11.7 Å². The molecule has 0 aliphatic carbocycles. The maximum absolute atomic E-state index is 13.1. The van der Waals surface area contributed by atoms with Gasteiger partial charge in [0.05, 0.1) is 5.92 Å². The van der Waals surface area contributed by atoms with Gasteiger partial charge < -0.3 is 10.6 Å². The van der Waals surface area contributed by atoms with Crippen molar-refractivity contribution in [1.29, 1.82) is 0 Å². The van der Waals surface area contributed by atoms with E-state index < -0.39 is 11.8 Å². The number of benzene rings is 1. The van der Waals surface area contributed by atoms with Crippen molar-refractivity contribution >= 4 is 17.5 Å². The van der Waals surface area contributed by atoms with E-state index in [9.17, 15) is 14.0 Å². The van der Waals surface area contributed by atoms with Gasteiger partial charge in [0.25, 0.3) is 0 Å². The van der Waals surface area contributed by atoms with Crippen LogP contribution < -0.4 is 10.6 Å². The Morgan fingerprint density at radius 1 is 1.53 bits per heavy atom. The van der Waals surface area contributed by atoms with Crippen LogP contribution in [0.5, 0.6) is 0 Å². The fourth-order valence-electron chi connectivity index (χ4n) is 1.94. The zero-order valence-corrected chi connectivity index (χ0v) is 9.44. The first-order chi connectivity index (χ1) is 7.99. The molecule has 90 valence electrons. The lowest BCUT2D eigenvalue weighted by atomic mass is 10.1. The lowest BCUT2D eigenvalue weighted by Gasteiger charge is -2.16. The third-order valence-electron chi connectivity index (χ3n) is 2.98. The number of hydrogen-bond donors (Lipinski definition) is 1. The molecule has 0 spiro atoms. The molecule has 2 amide bonds. The van der Waals surface area contributed by atoms with Crippen molar-refractivity contribution in [2.45, 2.75) is 13.3 Å². The molecule has 5 heteroatoms. The third kappa shape index (κ3) is 2.13. The molecule has 0 saturated carbocycles. The monoisotopic (exact) mass is 236 g/mol. The van der Waals surface area contributed by atoms with Crippen molar-refractivity contribution < 1.29 is 14.0 Å². The summed E-state index contributed by atoms with van der Waals surface area (Å²) < 4.78 is 13.1. The normalized spacial score (nSPS) is 19.8. The van der Waals surface area contributed by atoms with Gasteiger partial charge in [-0.05, 0) is 30.7 Å². The van der Waals surface area contributed by atoms with Gasteiger partial charge in [0.1, 0.15) is 5.82 Å². The predicted octanol–water partition coefficient (Wildman–Crippen LogP) is 0.972. The molecule has 1 aliphatic rings. The van der Waals surface area contributed by atoms with Crippen molar-refractivity contribution in [2.75, 3.05) is 11.4 Å². The number of nitrogens with zero attached hydrogens (tertiary/aromatic N) is 1. The molecule has 1 unspecified atom stereocenters. The molecule has 0 aromatic heterocycles. The summed E-state index contributed by atoms with van der Waals surface area (Å²) in [6.07, 6.45) is 0.131. The average Bonchev–Trinajstić information content (AvgIpc) is 2.65. The van der Waals surface area contributed by atoms with Gasteiger partial charge >= 0.3 is 0 Å². The first-order valence-electron chi connectivity index (χ1n) is 5.35. The summed E-state index contributed by atoms with van der Waals surface area (Å²) in [4.78, 5) is 24.2. The SMILES string of the molecule is Cc1cc(N2CC(C(N)=O)CC2=O)ccc1F. The summed E-state index contributed by atoms with van der Waals surface area (Å²) in [6, 6.07) is 4.44. The lowest BCUT2D eigenvalue weighted by molar-refractivity contribution is -0.123. The van der Waals surface area contributed by atoms with E-state index in [1.54, 1.807) is 13.0 Å². The van der Waals surface area contributed by atoms with Crippen LogP contribution >= 0.6 is 0 Å². The highest BCUT2D eigenvalue weighted by Crippen LogP contribution is 2.26. The van der Waals surface area contributed by atoms with E-state index in [2.05, 4.69) is 0 Å². The molecule has 1 aromatic rings. The van der Waals surface area contributed by atoms with E-state index in [4.69, 9.17) is 5.73 Å². The number of halogens is 1. The quantitative estimate of drug-likeness (QED) is 0.831. The fourth-order valence-corrected chi connectivity index (χ4v) is 1.94. The minimum atomic E-state index is -0.473. The highest BCUT2D eigenvalue weighted by molar-refractivity contribution is 6.00. The van der Waals surface area contributed by atoms with Crippen molar-refractivity contribution in [3.05, 3.63) is 29.6 Å². The number of nitrogens with two attached hydrogens (primary N) is 1.